The van der Waals surface area contributed by atoms with Crippen molar-refractivity contribution in [2.24, 2.45) is 7.05 Å². The highest BCUT2D eigenvalue weighted by molar-refractivity contribution is 5.82. The van der Waals surface area contributed by atoms with Crippen LogP contribution < -0.4 is 5.32 Å². The van der Waals surface area contributed by atoms with Crippen molar-refractivity contribution >= 4 is 16.6 Å². The van der Waals surface area contributed by atoms with Gasteiger partial charge < -0.3 is 10.3 Å². The number of nitrogens with zero attached hydrogens (tertiary/aromatic N) is 2. The summed E-state index contributed by atoms with van der Waals surface area (Å²) < 4.78 is 1.88. The van der Waals surface area contributed by atoms with E-state index in [1.54, 1.807) is 0 Å². The quantitative estimate of drug-likeness (QED) is 0.720. The summed E-state index contributed by atoms with van der Waals surface area (Å²) in [6.07, 6.45) is 3.77. The Bertz CT molecular complexity index is 635. The minimum Gasteiger partial charge on any atom is -0.379 e. The molecule has 0 unspecified atom stereocenters. The molecule has 0 aliphatic carbocycles. The number of anilines is 1. The summed E-state index contributed by atoms with van der Waals surface area (Å²) in [6, 6.07) is 10.4. The Labute approximate surface area is 99.3 Å². The Morgan fingerprint density at radius 3 is 3.06 bits per heavy atom. The maximum Gasteiger partial charge on any atom is 0.0571 e. The fourth-order valence-electron chi connectivity index (χ4n) is 1.93. The fourth-order valence-corrected chi connectivity index (χ4v) is 1.93. The topological polar surface area (TPSA) is 45.6 Å². The number of aromatic amines is 1. The van der Waals surface area contributed by atoms with Crippen LogP contribution >= 0.6 is 0 Å². The van der Waals surface area contributed by atoms with Gasteiger partial charge in [0.1, 0.15) is 0 Å². The molecule has 3 aromatic rings. The molecule has 0 amide bonds. The zero-order valence-corrected chi connectivity index (χ0v) is 9.64. The second kappa shape index (κ2) is 3.97. The molecule has 4 nitrogen and oxygen atoms in total. The van der Waals surface area contributed by atoms with E-state index < -0.39 is 0 Å². The molecular formula is C13H14N4. The smallest absolute Gasteiger partial charge is 0.0571 e. The molecule has 0 bridgehead atoms. The molecule has 1 aromatic carbocycles. The number of fused-ring (bicyclic) bond motifs is 1. The second-order valence-electron chi connectivity index (χ2n) is 4.08. The van der Waals surface area contributed by atoms with Crippen molar-refractivity contribution < 1.29 is 0 Å². The first-order chi connectivity index (χ1) is 8.33. The third-order valence-corrected chi connectivity index (χ3v) is 2.95. The van der Waals surface area contributed by atoms with Gasteiger partial charge in [-0.25, -0.2) is 0 Å². The van der Waals surface area contributed by atoms with Gasteiger partial charge in [0.05, 0.1) is 12.2 Å². The summed E-state index contributed by atoms with van der Waals surface area (Å²) >= 11 is 0. The summed E-state index contributed by atoms with van der Waals surface area (Å²) in [7, 11) is 1.95. The summed E-state index contributed by atoms with van der Waals surface area (Å²) in [4.78, 5) is 3.18. The number of aryl methyl sites for hydroxylation is 1. The minimum atomic E-state index is 0.784. The normalized spacial score (nSPS) is 10.9. The van der Waals surface area contributed by atoms with Gasteiger partial charge in [-0.3, -0.25) is 4.68 Å². The summed E-state index contributed by atoms with van der Waals surface area (Å²) in [6.45, 7) is 0.784. The number of H-pyrrole nitrogens is 1. The Balaban J connectivity index is 1.78. The predicted octanol–water partition coefficient (Wildman–Crippen LogP) is 2.51. The van der Waals surface area contributed by atoms with E-state index in [4.69, 9.17) is 0 Å². The molecule has 2 N–H and O–H groups in total. The van der Waals surface area contributed by atoms with Crippen molar-refractivity contribution in [3.05, 3.63) is 48.4 Å². The van der Waals surface area contributed by atoms with Crippen LogP contribution in [0.2, 0.25) is 0 Å². The van der Waals surface area contributed by atoms with Crippen molar-refractivity contribution in [1.82, 2.24) is 14.8 Å². The number of nitrogens with one attached hydrogen (secondary N) is 2. The first-order valence-electron chi connectivity index (χ1n) is 5.61. The van der Waals surface area contributed by atoms with Crippen LogP contribution in [0.4, 0.5) is 5.69 Å². The lowest BCUT2D eigenvalue weighted by Gasteiger charge is -2.06. The van der Waals surface area contributed by atoms with Gasteiger partial charge in [-0.1, -0.05) is 0 Å². The van der Waals surface area contributed by atoms with Crippen LogP contribution in [0.3, 0.4) is 0 Å². The molecule has 0 aliphatic rings. The third kappa shape index (κ3) is 1.89. The largest absolute Gasteiger partial charge is 0.379 e. The van der Waals surface area contributed by atoms with Crippen molar-refractivity contribution in [1.29, 1.82) is 0 Å². The Morgan fingerprint density at radius 2 is 2.24 bits per heavy atom. The van der Waals surface area contributed by atoms with Crippen LogP contribution in [-0.4, -0.2) is 14.8 Å². The van der Waals surface area contributed by atoms with Gasteiger partial charge in [0, 0.05) is 36.0 Å². The molecule has 17 heavy (non-hydrogen) atoms. The minimum absolute atomic E-state index is 0.784. The van der Waals surface area contributed by atoms with Gasteiger partial charge in [-0.15, -0.1) is 0 Å². The highest BCUT2D eigenvalue weighted by atomic mass is 15.3. The van der Waals surface area contributed by atoms with E-state index >= 15 is 0 Å². The maximum atomic E-state index is 4.14. The van der Waals surface area contributed by atoms with Crippen LogP contribution in [0, 0.1) is 0 Å². The molecule has 2 heterocycles. The maximum absolute atomic E-state index is 4.14. The molecule has 2 aromatic heterocycles. The highest BCUT2D eigenvalue weighted by Gasteiger charge is 1.99. The molecule has 4 heteroatoms. The van der Waals surface area contributed by atoms with E-state index in [2.05, 4.69) is 39.7 Å². The summed E-state index contributed by atoms with van der Waals surface area (Å²) in [5.74, 6) is 0. The highest BCUT2D eigenvalue weighted by Crippen LogP contribution is 2.18. The average molecular weight is 226 g/mol. The summed E-state index contributed by atoms with van der Waals surface area (Å²) in [5.41, 5.74) is 3.45. The van der Waals surface area contributed by atoms with Crippen molar-refractivity contribution in [3.8, 4) is 0 Å². The molecule has 0 radical (unpaired) electrons. The van der Waals surface area contributed by atoms with E-state index in [9.17, 15) is 0 Å². The number of rotatable bonds is 3. The van der Waals surface area contributed by atoms with E-state index in [-0.39, 0.29) is 0 Å². The molecular weight excluding hydrogens is 212 g/mol. The Hall–Kier alpha value is -2.23. The lowest BCUT2D eigenvalue weighted by Crippen LogP contribution is -2.05. The SMILES string of the molecule is Cn1nccc1CNc1ccc2[nH]ccc2c1. The Kier molecular flexibility index (Phi) is 2.33. The van der Waals surface area contributed by atoms with Gasteiger partial charge in [0.2, 0.25) is 0 Å². The molecule has 86 valence electrons. The van der Waals surface area contributed by atoms with E-state index in [1.807, 2.05) is 30.2 Å². The van der Waals surface area contributed by atoms with Gasteiger partial charge in [-0.2, -0.15) is 5.10 Å². The lowest BCUT2D eigenvalue weighted by molar-refractivity contribution is 0.720. The van der Waals surface area contributed by atoms with Crippen molar-refractivity contribution in [3.63, 3.8) is 0 Å². The number of hydrogen-bond donors (Lipinski definition) is 2. The van der Waals surface area contributed by atoms with Crippen LogP contribution in [0.1, 0.15) is 5.69 Å². The van der Waals surface area contributed by atoms with Gasteiger partial charge in [0.15, 0.2) is 0 Å². The van der Waals surface area contributed by atoms with E-state index in [1.165, 1.54) is 11.1 Å². The molecule has 0 aliphatic heterocycles. The second-order valence-corrected chi connectivity index (χ2v) is 4.08. The monoisotopic (exact) mass is 226 g/mol. The van der Waals surface area contributed by atoms with Crippen LogP contribution in [-0.2, 0) is 13.6 Å². The molecule has 0 saturated carbocycles. The van der Waals surface area contributed by atoms with Gasteiger partial charge >= 0.3 is 0 Å². The zero-order chi connectivity index (χ0) is 11.7. The molecule has 0 saturated heterocycles. The van der Waals surface area contributed by atoms with E-state index in [0.29, 0.717) is 0 Å². The Morgan fingerprint density at radius 1 is 1.29 bits per heavy atom. The van der Waals surface area contributed by atoms with Crippen molar-refractivity contribution in [2.45, 2.75) is 6.54 Å². The molecule has 0 spiro atoms. The number of benzene rings is 1. The zero-order valence-electron chi connectivity index (χ0n) is 9.64. The first-order valence-corrected chi connectivity index (χ1v) is 5.61. The predicted molar refractivity (Wildman–Crippen MR) is 68.8 cm³/mol. The lowest BCUT2D eigenvalue weighted by atomic mass is 10.2. The van der Waals surface area contributed by atoms with Crippen LogP contribution in [0.5, 0.6) is 0 Å². The van der Waals surface area contributed by atoms with Crippen LogP contribution in [0.15, 0.2) is 42.7 Å². The number of aromatic nitrogens is 3. The summed E-state index contributed by atoms with van der Waals surface area (Å²) in [5, 5.41) is 8.76. The molecule has 0 fully saturated rings. The first kappa shape index (κ1) is 9.96. The van der Waals surface area contributed by atoms with Crippen molar-refractivity contribution in [2.75, 3.05) is 5.32 Å². The van der Waals surface area contributed by atoms with Gasteiger partial charge in [0.25, 0.3) is 0 Å². The number of hydrogen-bond acceptors (Lipinski definition) is 2. The third-order valence-electron chi connectivity index (χ3n) is 2.95. The van der Waals surface area contributed by atoms with Crippen LogP contribution in [0.25, 0.3) is 10.9 Å². The fraction of sp³-hybridized carbons (Fsp3) is 0.154. The van der Waals surface area contributed by atoms with E-state index in [0.717, 1.165) is 17.7 Å². The molecule has 3 rings (SSSR count). The average Bonchev–Trinajstić information content (AvgIpc) is 2.94. The molecule has 0 atom stereocenters. The standard InChI is InChI=1S/C13H14N4/c1-17-12(5-7-16-17)9-15-11-2-3-13-10(8-11)4-6-14-13/h2-8,14-15H,9H2,1H3. The van der Waals surface area contributed by atoms with Gasteiger partial charge in [-0.05, 0) is 30.3 Å².